The first kappa shape index (κ1) is 19.4. The van der Waals surface area contributed by atoms with Gasteiger partial charge < -0.3 is 10.2 Å². The highest BCUT2D eigenvalue weighted by molar-refractivity contribution is 7.98. The fourth-order valence-electron chi connectivity index (χ4n) is 3.30. The number of hydrogen-bond donors (Lipinski definition) is 1. The third-order valence-corrected chi connectivity index (χ3v) is 6.53. The number of hydrogen-bond acceptors (Lipinski definition) is 5. The van der Waals surface area contributed by atoms with Gasteiger partial charge in [0.25, 0.3) is 5.91 Å². The maximum Gasteiger partial charge on any atom is 0.252 e. The first-order valence-corrected chi connectivity index (χ1v) is 11.3. The van der Waals surface area contributed by atoms with Gasteiger partial charge in [0.15, 0.2) is 0 Å². The van der Waals surface area contributed by atoms with Crippen LogP contribution in [-0.2, 0) is 5.75 Å². The number of thiazole rings is 1. The molecule has 0 aliphatic carbocycles. The number of likely N-dealkylation sites (tertiary alicyclic amines) is 1. The molecule has 0 radical (unpaired) electrons. The summed E-state index contributed by atoms with van der Waals surface area (Å²) in [6.45, 7) is 6.53. The molecule has 1 aliphatic heterocycles. The number of piperidine rings is 1. The quantitative estimate of drug-likeness (QED) is 0.684. The average molecular weight is 390 g/mol. The Hall–Kier alpha value is -1.37. The Morgan fingerprint density at radius 1 is 1.35 bits per heavy atom. The molecule has 1 aromatic heterocycles. The minimum atomic E-state index is 0.0439. The smallest absolute Gasteiger partial charge is 0.252 e. The van der Waals surface area contributed by atoms with Crippen molar-refractivity contribution in [2.45, 2.75) is 36.8 Å². The van der Waals surface area contributed by atoms with Gasteiger partial charge in [0.1, 0.15) is 0 Å². The largest absolute Gasteiger partial charge is 0.352 e. The van der Waals surface area contributed by atoms with Gasteiger partial charge >= 0.3 is 0 Å². The van der Waals surface area contributed by atoms with Crippen LogP contribution < -0.4 is 5.32 Å². The van der Waals surface area contributed by atoms with Gasteiger partial charge in [-0.3, -0.25) is 4.79 Å². The predicted octanol–water partition coefficient (Wildman–Crippen LogP) is 4.29. The molecule has 1 amide bonds. The Kier molecular flexibility index (Phi) is 7.53. The summed E-state index contributed by atoms with van der Waals surface area (Å²) in [5, 5.41) is 5.22. The lowest BCUT2D eigenvalue weighted by Gasteiger charge is -2.31. The van der Waals surface area contributed by atoms with E-state index in [1.807, 2.05) is 29.8 Å². The lowest BCUT2D eigenvalue weighted by atomic mass is 9.96. The summed E-state index contributed by atoms with van der Waals surface area (Å²) in [6, 6.07) is 7.87. The summed E-state index contributed by atoms with van der Waals surface area (Å²) < 4.78 is 0. The number of carbonyl (C=O) groups is 1. The number of benzene rings is 1. The van der Waals surface area contributed by atoms with E-state index in [9.17, 15) is 4.79 Å². The van der Waals surface area contributed by atoms with E-state index in [0.29, 0.717) is 5.92 Å². The fourth-order valence-corrected chi connectivity index (χ4v) is 4.92. The van der Waals surface area contributed by atoms with Gasteiger partial charge in [0, 0.05) is 22.6 Å². The highest BCUT2D eigenvalue weighted by Gasteiger charge is 2.20. The average Bonchev–Trinajstić information content (AvgIpc) is 3.20. The van der Waals surface area contributed by atoms with Crippen LogP contribution in [-0.4, -0.2) is 42.0 Å². The predicted molar refractivity (Wildman–Crippen MR) is 110 cm³/mol. The number of nitrogens with zero attached hydrogens (tertiary/aromatic N) is 2. The van der Waals surface area contributed by atoms with Crippen molar-refractivity contribution >= 4 is 29.0 Å². The van der Waals surface area contributed by atoms with Crippen molar-refractivity contribution in [3.63, 3.8) is 0 Å². The second-order valence-corrected chi connectivity index (χ2v) is 8.50. The van der Waals surface area contributed by atoms with Gasteiger partial charge in [-0.2, -0.15) is 0 Å². The maximum atomic E-state index is 12.7. The van der Waals surface area contributed by atoms with Crippen LogP contribution in [0.5, 0.6) is 0 Å². The van der Waals surface area contributed by atoms with Crippen LogP contribution in [0.25, 0.3) is 0 Å². The fraction of sp³-hybridized carbons (Fsp3) is 0.500. The van der Waals surface area contributed by atoms with Crippen LogP contribution >= 0.6 is 23.1 Å². The molecule has 2 heterocycles. The molecule has 2 aromatic rings. The summed E-state index contributed by atoms with van der Waals surface area (Å²) in [6.07, 6.45) is 3.58. The Morgan fingerprint density at radius 2 is 2.15 bits per heavy atom. The number of amides is 1. The normalized spacial score (nSPS) is 15.9. The first-order valence-electron chi connectivity index (χ1n) is 9.35. The second kappa shape index (κ2) is 10.1. The van der Waals surface area contributed by atoms with Crippen molar-refractivity contribution in [3.8, 4) is 0 Å². The molecule has 1 N–H and O–H groups in total. The zero-order valence-corrected chi connectivity index (χ0v) is 17.0. The molecular weight excluding hydrogens is 362 g/mol. The lowest BCUT2D eigenvalue weighted by Crippen LogP contribution is -2.39. The van der Waals surface area contributed by atoms with Crippen molar-refractivity contribution in [1.29, 1.82) is 0 Å². The highest BCUT2D eigenvalue weighted by Crippen LogP contribution is 2.26. The summed E-state index contributed by atoms with van der Waals surface area (Å²) in [4.78, 5) is 20.6. The van der Waals surface area contributed by atoms with Gasteiger partial charge in [0.05, 0.1) is 16.8 Å². The van der Waals surface area contributed by atoms with Crippen LogP contribution in [0.3, 0.4) is 0 Å². The zero-order valence-electron chi connectivity index (χ0n) is 15.3. The van der Waals surface area contributed by atoms with Gasteiger partial charge in [0.2, 0.25) is 0 Å². The maximum absolute atomic E-state index is 12.7. The van der Waals surface area contributed by atoms with Crippen LogP contribution in [0.4, 0.5) is 0 Å². The minimum Gasteiger partial charge on any atom is -0.352 e. The van der Waals surface area contributed by atoms with Crippen LogP contribution in [0.15, 0.2) is 40.1 Å². The van der Waals surface area contributed by atoms with Crippen LogP contribution in [0.2, 0.25) is 0 Å². The molecule has 0 bridgehead atoms. The van der Waals surface area contributed by atoms with E-state index >= 15 is 0 Å². The molecule has 3 rings (SSSR count). The molecule has 0 spiro atoms. The number of rotatable bonds is 8. The van der Waals surface area contributed by atoms with Gasteiger partial charge in [-0.25, -0.2) is 4.98 Å². The molecule has 1 aromatic carbocycles. The van der Waals surface area contributed by atoms with E-state index in [4.69, 9.17) is 0 Å². The highest BCUT2D eigenvalue weighted by atomic mass is 32.2. The van der Waals surface area contributed by atoms with E-state index in [0.717, 1.165) is 41.5 Å². The summed E-state index contributed by atoms with van der Waals surface area (Å²) >= 11 is 3.28. The number of carbonyl (C=O) groups excluding carboxylic acids is 1. The number of aromatic nitrogens is 1. The van der Waals surface area contributed by atoms with Crippen molar-refractivity contribution in [3.05, 3.63) is 46.4 Å². The van der Waals surface area contributed by atoms with Gasteiger partial charge in [-0.15, -0.1) is 23.1 Å². The lowest BCUT2D eigenvalue weighted by molar-refractivity contribution is 0.0933. The molecule has 140 valence electrons. The van der Waals surface area contributed by atoms with E-state index < -0.39 is 0 Å². The summed E-state index contributed by atoms with van der Waals surface area (Å²) in [5.74, 6) is 1.44. The molecule has 0 atom stereocenters. The minimum absolute atomic E-state index is 0.0439. The van der Waals surface area contributed by atoms with Crippen LogP contribution in [0.1, 0.15) is 42.2 Å². The topological polar surface area (TPSA) is 45.2 Å². The molecular formula is C20H27N3OS2. The van der Waals surface area contributed by atoms with E-state index in [-0.39, 0.29) is 5.91 Å². The molecule has 0 unspecified atom stereocenters. The van der Waals surface area contributed by atoms with Crippen molar-refractivity contribution in [2.75, 3.05) is 26.2 Å². The van der Waals surface area contributed by atoms with Crippen molar-refractivity contribution in [1.82, 2.24) is 15.2 Å². The van der Waals surface area contributed by atoms with E-state index in [1.54, 1.807) is 23.1 Å². The van der Waals surface area contributed by atoms with Crippen molar-refractivity contribution < 1.29 is 4.79 Å². The third kappa shape index (κ3) is 5.56. The van der Waals surface area contributed by atoms with Gasteiger partial charge in [-0.05, 0) is 56.9 Å². The van der Waals surface area contributed by atoms with Crippen molar-refractivity contribution in [2.24, 2.45) is 5.92 Å². The monoisotopic (exact) mass is 389 g/mol. The standard InChI is InChI=1S/C20H27N3OS2/c1-2-9-23-10-7-16(8-11-23)12-21-20(24)18-5-3-4-6-19(18)26-14-17-13-25-15-22-17/h3-6,13,15-16H,2,7-12,14H2,1H3,(H,21,24). The van der Waals surface area contributed by atoms with Crippen LogP contribution in [0, 0.1) is 5.92 Å². The SMILES string of the molecule is CCCN1CCC(CNC(=O)c2ccccc2SCc2cscn2)CC1. The Morgan fingerprint density at radius 3 is 2.88 bits per heavy atom. The molecule has 4 nitrogen and oxygen atoms in total. The molecule has 1 fully saturated rings. The Bertz CT molecular complexity index is 682. The van der Waals surface area contributed by atoms with E-state index in [1.165, 1.54) is 25.8 Å². The summed E-state index contributed by atoms with van der Waals surface area (Å²) in [5.41, 5.74) is 3.69. The Balaban J connectivity index is 1.50. The molecule has 1 aliphatic rings. The first-order chi connectivity index (χ1) is 12.8. The Labute approximate surface area is 164 Å². The molecule has 6 heteroatoms. The van der Waals surface area contributed by atoms with Gasteiger partial charge in [-0.1, -0.05) is 19.1 Å². The third-order valence-electron chi connectivity index (χ3n) is 4.79. The van der Waals surface area contributed by atoms with E-state index in [2.05, 4.69) is 27.5 Å². The molecule has 1 saturated heterocycles. The number of thioether (sulfide) groups is 1. The number of nitrogens with one attached hydrogen (secondary N) is 1. The summed E-state index contributed by atoms with van der Waals surface area (Å²) in [7, 11) is 0. The second-order valence-electron chi connectivity index (χ2n) is 6.76. The molecule has 0 saturated carbocycles. The molecule has 26 heavy (non-hydrogen) atoms. The zero-order chi connectivity index (χ0) is 18.2.